The van der Waals surface area contributed by atoms with Crippen molar-refractivity contribution in [3.05, 3.63) is 63.7 Å². The summed E-state index contributed by atoms with van der Waals surface area (Å²) in [7, 11) is 1.52. The van der Waals surface area contributed by atoms with E-state index in [4.69, 9.17) is 0 Å². The number of benzene rings is 2. The average molecular weight is 677 g/mol. The Morgan fingerprint density at radius 2 is 1.54 bits per heavy atom. The highest BCUT2D eigenvalue weighted by Crippen LogP contribution is 2.38. The molecule has 1 aliphatic carbocycles. The molecule has 1 aliphatic rings. The van der Waals surface area contributed by atoms with E-state index in [1.807, 2.05) is 20.8 Å². The third kappa shape index (κ3) is 9.49. The summed E-state index contributed by atoms with van der Waals surface area (Å²) in [6.45, 7) is 6.89. The van der Waals surface area contributed by atoms with Crippen LogP contribution in [0.1, 0.15) is 79.8 Å². The predicted octanol–water partition coefficient (Wildman–Crippen LogP) is 7.47. The van der Waals surface area contributed by atoms with Gasteiger partial charge in [0.2, 0.25) is 0 Å². The van der Waals surface area contributed by atoms with Gasteiger partial charge < -0.3 is 14.9 Å². The van der Waals surface area contributed by atoms with Crippen LogP contribution < -0.4 is 9.80 Å². The van der Waals surface area contributed by atoms with E-state index in [-0.39, 0.29) is 54.9 Å². The maximum atomic E-state index is 13.6. The van der Waals surface area contributed by atoms with Gasteiger partial charge >= 0.3 is 18.3 Å². The van der Waals surface area contributed by atoms with Gasteiger partial charge in [0.05, 0.1) is 24.6 Å². The number of rotatable bonds is 13. The largest absolute Gasteiger partial charge is 0.481 e. The van der Waals surface area contributed by atoms with Crippen molar-refractivity contribution in [3.63, 3.8) is 0 Å². The number of carbonyl (C=O) groups is 1. The molecule has 0 amide bonds. The van der Waals surface area contributed by atoms with E-state index in [0.717, 1.165) is 54.6 Å². The van der Waals surface area contributed by atoms with Crippen LogP contribution in [-0.2, 0) is 50.1 Å². The van der Waals surface area contributed by atoms with Crippen LogP contribution in [0.15, 0.2) is 30.3 Å². The molecule has 8 nitrogen and oxygen atoms in total. The SMILES string of the molecule is CCN(CCCC(C)(C)CC(=O)O)c1cc2c(cc1CN(Cc1cc(C(F)(F)F)cc(C(F)(F)F)c1)c1nnn(C)n1)CCC2.Cl. The van der Waals surface area contributed by atoms with Gasteiger partial charge in [-0.15, -0.1) is 17.5 Å². The lowest BCUT2D eigenvalue weighted by Gasteiger charge is -2.31. The Balaban J connectivity index is 0.00000576. The normalized spacial score (nSPS) is 13.3. The fraction of sp³-hybridized carbons (Fsp3) is 0.548. The molecule has 0 fully saturated rings. The Morgan fingerprint density at radius 1 is 0.935 bits per heavy atom. The van der Waals surface area contributed by atoms with Gasteiger partial charge in [0, 0.05) is 31.9 Å². The van der Waals surface area contributed by atoms with E-state index in [1.54, 1.807) is 0 Å². The molecule has 0 atom stereocenters. The van der Waals surface area contributed by atoms with Crippen molar-refractivity contribution < 1.29 is 36.2 Å². The monoisotopic (exact) mass is 676 g/mol. The van der Waals surface area contributed by atoms with E-state index in [2.05, 4.69) is 32.4 Å². The molecular weight excluding hydrogens is 638 g/mol. The van der Waals surface area contributed by atoms with Gasteiger partial charge in [0.25, 0.3) is 5.95 Å². The van der Waals surface area contributed by atoms with Gasteiger partial charge in [-0.05, 0) is 96.2 Å². The molecule has 3 aromatic rings. The number of anilines is 2. The number of tetrazole rings is 1. The highest BCUT2D eigenvalue weighted by Gasteiger charge is 2.37. The van der Waals surface area contributed by atoms with Crippen molar-refractivity contribution in [2.75, 3.05) is 22.9 Å². The first-order valence-electron chi connectivity index (χ1n) is 14.8. The number of fused-ring (bicyclic) bond motifs is 1. The second kappa shape index (κ2) is 14.5. The van der Waals surface area contributed by atoms with Crippen molar-refractivity contribution in [3.8, 4) is 0 Å². The van der Waals surface area contributed by atoms with Crippen LogP contribution in [0, 0.1) is 5.41 Å². The predicted molar refractivity (Wildman–Crippen MR) is 164 cm³/mol. The summed E-state index contributed by atoms with van der Waals surface area (Å²) in [5, 5.41) is 21.4. The van der Waals surface area contributed by atoms with Gasteiger partial charge in [0.1, 0.15) is 0 Å². The summed E-state index contributed by atoms with van der Waals surface area (Å²) in [4.78, 5) is 16.2. The smallest absolute Gasteiger partial charge is 0.416 e. The Hall–Kier alpha value is -3.55. The summed E-state index contributed by atoms with van der Waals surface area (Å²) in [6, 6.07) is 5.74. The van der Waals surface area contributed by atoms with E-state index in [1.165, 1.54) is 22.3 Å². The fourth-order valence-electron chi connectivity index (χ4n) is 5.91. The molecule has 0 saturated heterocycles. The van der Waals surface area contributed by atoms with Crippen molar-refractivity contribution in [1.29, 1.82) is 0 Å². The number of alkyl halides is 6. The molecule has 1 heterocycles. The summed E-state index contributed by atoms with van der Waals surface area (Å²) in [6.07, 6.45) is -5.73. The molecule has 0 radical (unpaired) electrons. The first kappa shape index (κ1) is 36.9. The summed E-state index contributed by atoms with van der Waals surface area (Å²) in [5.74, 6) is -0.789. The lowest BCUT2D eigenvalue weighted by molar-refractivity contribution is -0.143. The number of carboxylic acid groups (broad SMARTS) is 1. The van der Waals surface area contributed by atoms with E-state index < -0.39 is 29.4 Å². The van der Waals surface area contributed by atoms with Crippen LogP contribution in [0.2, 0.25) is 0 Å². The maximum absolute atomic E-state index is 13.6. The topological polar surface area (TPSA) is 87.4 Å². The minimum absolute atomic E-state index is 0. The van der Waals surface area contributed by atoms with Crippen molar-refractivity contribution in [1.82, 2.24) is 20.2 Å². The Kier molecular flexibility index (Phi) is 11.6. The van der Waals surface area contributed by atoms with Crippen molar-refractivity contribution in [2.24, 2.45) is 12.5 Å². The minimum atomic E-state index is -4.97. The van der Waals surface area contributed by atoms with Gasteiger partial charge in [-0.3, -0.25) is 4.79 Å². The Bertz CT molecular complexity index is 1480. The van der Waals surface area contributed by atoms with Crippen LogP contribution in [0.4, 0.5) is 38.0 Å². The number of aliphatic carboxylic acids is 1. The standard InChI is InChI=1S/C31H38F6N6O2.ClH/c1-5-42(11-7-10-29(2,3)17-27(44)45)26-15-22-9-6-8-21(22)14-23(26)19-43(28-38-40-41(4)39-28)18-20-12-24(30(32,33)34)16-25(13-20)31(35,36)37;/h12-16H,5-11,17-19H2,1-4H3,(H,44,45);1H. The van der Waals surface area contributed by atoms with E-state index >= 15 is 0 Å². The fourth-order valence-corrected chi connectivity index (χ4v) is 5.91. The van der Waals surface area contributed by atoms with Crippen molar-refractivity contribution in [2.45, 2.75) is 84.7 Å². The van der Waals surface area contributed by atoms with Crippen LogP contribution >= 0.6 is 12.4 Å². The average Bonchev–Trinajstić information content (AvgIpc) is 3.57. The number of hydrogen-bond donors (Lipinski definition) is 1. The third-order valence-corrected chi connectivity index (χ3v) is 8.09. The molecule has 2 aromatic carbocycles. The second-order valence-corrected chi connectivity index (χ2v) is 12.4. The second-order valence-electron chi connectivity index (χ2n) is 12.4. The number of halogens is 7. The third-order valence-electron chi connectivity index (χ3n) is 8.09. The van der Waals surface area contributed by atoms with Crippen LogP contribution in [0.25, 0.3) is 0 Å². The molecule has 254 valence electrons. The van der Waals surface area contributed by atoms with Crippen LogP contribution in [0.3, 0.4) is 0 Å². The maximum Gasteiger partial charge on any atom is 0.416 e. The quantitative estimate of drug-likeness (QED) is 0.188. The van der Waals surface area contributed by atoms with E-state index in [9.17, 15) is 36.2 Å². The van der Waals surface area contributed by atoms with Crippen LogP contribution in [-0.4, -0.2) is 44.4 Å². The molecule has 46 heavy (non-hydrogen) atoms. The number of hydrogen-bond acceptors (Lipinski definition) is 6. The lowest BCUT2D eigenvalue weighted by atomic mass is 9.84. The zero-order chi connectivity index (χ0) is 33.2. The molecule has 4 rings (SSSR count). The number of nitrogens with zero attached hydrogens (tertiary/aromatic N) is 6. The van der Waals surface area contributed by atoms with Crippen LogP contribution in [0.5, 0.6) is 0 Å². The molecule has 1 aromatic heterocycles. The van der Waals surface area contributed by atoms with Gasteiger partial charge in [-0.25, -0.2) is 0 Å². The molecule has 1 N–H and O–H groups in total. The molecule has 0 spiro atoms. The minimum Gasteiger partial charge on any atom is -0.481 e. The zero-order valence-electron chi connectivity index (χ0n) is 26.2. The molecule has 15 heteroatoms. The molecular formula is C31H39ClF6N6O2. The number of aromatic nitrogens is 4. The molecule has 0 bridgehead atoms. The van der Waals surface area contributed by atoms with Gasteiger partial charge in [-0.1, -0.05) is 25.0 Å². The zero-order valence-corrected chi connectivity index (χ0v) is 27.0. The Labute approximate surface area is 270 Å². The molecule has 0 saturated carbocycles. The number of aryl methyl sites for hydroxylation is 3. The van der Waals surface area contributed by atoms with E-state index in [0.29, 0.717) is 19.5 Å². The summed E-state index contributed by atoms with van der Waals surface area (Å²) < 4.78 is 81.8. The lowest BCUT2D eigenvalue weighted by Crippen LogP contribution is -2.29. The van der Waals surface area contributed by atoms with Crippen molar-refractivity contribution >= 4 is 30.0 Å². The first-order valence-corrected chi connectivity index (χ1v) is 14.8. The van der Waals surface area contributed by atoms with Gasteiger partial charge in [0.15, 0.2) is 0 Å². The van der Waals surface area contributed by atoms with Gasteiger partial charge in [-0.2, -0.15) is 31.1 Å². The molecule has 0 unspecified atom stereocenters. The highest BCUT2D eigenvalue weighted by atomic mass is 35.5. The molecule has 0 aliphatic heterocycles. The Morgan fingerprint density at radius 3 is 2.07 bits per heavy atom. The summed E-state index contributed by atoms with van der Waals surface area (Å²) >= 11 is 0. The highest BCUT2D eigenvalue weighted by molar-refractivity contribution is 5.85. The number of carboxylic acids is 1. The summed E-state index contributed by atoms with van der Waals surface area (Å²) in [5.41, 5.74) is 0.733. The first-order chi connectivity index (χ1) is 20.9.